The van der Waals surface area contributed by atoms with Gasteiger partial charge in [0, 0.05) is 6.04 Å². The van der Waals surface area contributed by atoms with Crippen LogP contribution in [0.4, 0.5) is 4.79 Å². The number of nitrogens with zero attached hydrogens (tertiary/aromatic N) is 3. The van der Waals surface area contributed by atoms with Crippen molar-refractivity contribution in [1.29, 1.82) is 0 Å². The van der Waals surface area contributed by atoms with E-state index < -0.39 is 0 Å². The Morgan fingerprint density at radius 3 is 2.54 bits per heavy atom. The van der Waals surface area contributed by atoms with Crippen LogP contribution in [0.2, 0.25) is 0 Å². The molecule has 1 aromatic carbocycles. The van der Waals surface area contributed by atoms with Gasteiger partial charge in [-0.2, -0.15) is 5.10 Å². The fourth-order valence-corrected chi connectivity index (χ4v) is 3.17. The molecule has 1 aliphatic rings. The Morgan fingerprint density at radius 1 is 1.21 bits per heavy atom. The molecule has 1 heterocycles. The summed E-state index contributed by atoms with van der Waals surface area (Å²) in [4.78, 5) is 16.1. The summed E-state index contributed by atoms with van der Waals surface area (Å²) in [5.41, 5.74) is 2.01. The summed E-state index contributed by atoms with van der Waals surface area (Å²) in [5.74, 6) is 0.786. The molecular formula is C18H25N5O. The first kappa shape index (κ1) is 16.5. The molecule has 1 atom stereocenters. The number of amides is 2. The second-order valence-corrected chi connectivity index (χ2v) is 6.73. The molecule has 24 heavy (non-hydrogen) atoms. The Bertz CT molecular complexity index is 645. The lowest BCUT2D eigenvalue weighted by molar-refractivity contribution is 0.225. The first-order valence-electron chi connectivity index (χ1n) is 8.64. The Kier molecular flexibility index (Phi) is 5.13. The molecule has 0 saturated heterocycles. The van der Waals surface area contributed by atoms with Crippen molar-refractivity contribution in [3.05, 3.63) is 42.5 Å². The van der Waals surface area contributed by atoms with Crippen LogP contribution >= 0.6 is 0 Å². The minimum absolute atomic E-state index is 0.0442. The fourth-order valence-electron chi connectivity index (χ4n) is 3.17. The molecule has 3 rings (SSSR count). The van der Waals surface area contributed by atoms with Crippen molar-refractivity contribution in [3.8, 4) is 5.69 Å². The third kappa shape index (κ3) is 4.13. The summed E-state index contributed by atoms with van der Waals surface area (Å²) in [7, 11) is 0. The Balaban J connectivity index is 1.52. The predicted molar refractivity (Wildman–Crippen MR) is 92.9 cm³/mol. The first-order valence-corrected chi connectivity index (χ1v) is 8.64. The molecule has 1 fully saturated rings. The van der Waals surface area contributed by atoms with Crippen molar-refractivity contribution in [2.75, 3.05) is 0 Å². The smallest absolute Gasteiger partial charge is 0.315 e. The average molecular weight is 327 g/mol. The van der Waals surface area contributed by atoms with Crippen LogP contribution in [0.25, 0.3) is 5.69 Å². The van der Waals surface area contributed by atoms with E-state index in [0.29, 0.717) is 6.04 Å². The van der Waals surface area contributed by atoms with Gasteiger partial charge in [-0.1, -0.05) is 19.1 Å². The van der Waals surface area contributed by atoms with Gasteiger partial charge in [0.05, 0.1) is 11.7 Å². The van der Waals surface area contributed by atoms with Gasteiger partial charge < -0.3 is 10.6 Å². The van der Waals surface area contributed by atoms with Crippen LogP contribution in [0, 0.1) is 5.92 Å². The lowest BCUT2D eigenvalue weighted by atomic mass is 9.87. The van der Waals surface area contributed by atoms with Crippen molar-refractivity contribution in [3.63, 3.8) is 0 Å². The lowest BCUT2D eigenvalue weighted by Gasteiger charge is -2.27. The minimum atomic E-state index is -0.0811. The van der Waals surface area contributed by atoms with Crippen LogP contribution in [-0.2, 0) is 0 Å². The highest BCUT2D eigenvalue weighted by Gasteiger charge is 2.20. The summed E-state index contributed by atoms with van der Waals surface area (Å²) >= 11 is 0. The van der Waals surface area contributed by atoms with E-state index in [1.54, 1.807) is 11.0 Å². The van der Waals surface area contributed by atoms with Gasteiger partial charge in [-0.3, -0.25) is 0 Å². The number of benzene rings is 1. The summed E-state index contributed by atoms with van der Waals surface area (Å²) in [5, 5.41) is 10.2. The van der Waals surface area contributed by atoms with Crippen LogP contribution in [0.5, 0.6) is 0 Å². The summed E-state index contributed by atoms with van der Waals surface area (Å²) in [6, 6.07) is 8.14. The maximum atomic E-state index is 12.2. The standard InChI is InChI=1S/C18H25N5O/c1-13-3-7-16(8-4-13)22-18(24)21-14(2)15-5-9-17(10-6-15)23-12-19-11-20-23/h5-6,9-14,16H,3-4,7-8H2,1-2H3,(H2,21,22,24). The third-order valence-corrected chi connectivity index (χ3v) is 4.78. The van der Waals surface area contributed by atoms with Crippen LogP contribution in [-0.4, -0.2) is 26.8 Å². The van der Waals surface area contributed by atoms with Crippen molar-refractivity contribution in [1.82, 2.24) is 25.4 Å². The quantitative estimate of drug-likeness (QED) is 0.906. The van der Waals surface area contributed by atoms with Gasteiger partial charge in [-0.15, -0.1) is 0 Å². The number of nitrogens with one attached hydrogen (secondary N) is 2. The van der Waals surface area contributed by atoms with Crippen LogP contribution < -0.4 is 10.6 Å². The fraction of sp³-hybridized carbons (Fsp3) is 0.500. The van der Waals surface area contributed by atoms with Gasteiger partial charge in [0.1, 0.15) is 12.7 Å². The highest BCUT2D eigenvalue weighted by Crippen LogP contribution is 2.23. The Labute approximate surface area is 142 Å². The van der Waals surface area contributed by atoms with Gasteiger partial charge in [-0.25, -0.2) is 14.5 Å². The SMILES string of the molecule is CC1CCC(NC(=O)NC(C)c2ccc(-n3cncn3)cc2)CC1. The number of hydrogen-bond acceptors (Lipinski definition) is 3. The van der Waals surface area contributed by atoms with E-state index in [2.05, 4.69) is 27.6 Å². The highest BCUT2D eigenvalue weighted by molar-refractivity contribution is 5.74. The molecule has 6 heteroatoms. The van der Waals surface area contributed by atoms with Crippen LogP contribution in [0.3, 0.4) is 0 Å². The number of urea groups is 1. The minimum Gasteiger partial charge on any atom is -0.335 e. The molecule has 6 nitrogen and oxygen atoms in total. The molecule has 128 valence electrons. The Morgan fingerprint density at radius 2 is 1.92 bits per heavy atom. The normalized spacial score (nSPS) is 21.9. The molecule has 1 aromatic heterocycles. The number of hydrogen-bond donors (Lipinski definition) is 2. The topological polar surface area (TPSA) is 71.8 Å². The summed E-state index contributed by atoms with van der Waals surface area (Å²) in [6.07, 6.45) is 7.73. The molecule has 1 saturated carbocycles. The predicted octanol–water partition coefficient (Wildman–Crippen LogP) is 3.21. The van der Waals surface area contributed by atoms with E-state index in [1.807, 2.05) is 31.2 Å². The highest BCUT2D eigenvalue weighted by atomic mass is 16.2. The van der Waals surface area contributed by atoms with Gasteiger partial charge in [-0.05, 0) is 56.2 Å². The second-order valence-electron chi connectivity index (χ2n) is 6.73. The van der Waals surface area contributed by atoms with E-state index in [1.165, 1.54) is 19.2 Å². The monoisotopic (exact) mass is 327 g/mol. The van der Waals surface area contributed by atoms with E-state index in [-0.39, 0.29) is 12.1 Å². The van der Waals surface area contributed by atoms with Crippen molar-refractivity contribution in [2.45, 2.75) is 51.6 Å². The van der Waals surface area contributed by atoms with E-state index in [0.717, 1.165) is 30.0 Å². The van der Waals surface area contributed by atoms with Gasteiger partial charge >= 0.3 is 6.03 Å². The third-order valence-electron chi connectivity index (χ3n) is 4.78. The number of aromatic nitrogens is 3. The molecule has 0 bridgehead atoms. The molecule has 2 aromatic rings. The number of carbonyl (C=O) groups is 1. The molecule has 0 aliphatic heterocycles. The van der Waals surface area contributed by atoms with Crippen molar-refractivity contribution >= 4 is 6.03 Å². The zero-order valence-electron chi connectivity index (χ0n) is 14.3. The zero-order chi connectivity index (χ0) is 16.9. The van der Waals surface area contributed by atoms with Crippen molar-refractivity contribution < 1.29 is 4.79 Å². The second kappa shape index (κ2) is 7.47. The Hall–Kier alpha value is -2.37. The maximum absolute atomic E-state index is 12.2. The maximum Gasteiger partial charge on any atom is 0.315 e. The van der Waals surface area contributed by atoms with E-state index in [4.69, 9.17) is 0 Å². The van der Waals surface area contributed by atoms with Gasteiger partial charge in [0.2, 0.25) is 0 Å². The molecule has 2 N–H and O–H groups in total. The van der Waals surface area contributed by atoms with Crippen molar-refractivity contribution in [2.24, 2.45) is 5.92 Å². The van der Waals surface area contributed by atoms with Gasteiger partial charge in [0.15, 0.2) is 0 Å². The zero-order valence-corrected chi connectivity index (χ0v) is 14.3. The van der Waals surface area contributed by atoms with E-state index >= 15 is 0 Å². The lowest BCUT2D eigenvalue weighted by Crippen LogP contribution is -2.44. The van der Waals surface area contributed by atoms with Crippen LogP contribution in [0.1, 0.15) is 51.1 Å². The number of rotatable bonds is 4. The van der Waals surface area contributed by atoms with E-state index in [9.17, 15) is 4.79 Å². The molecule has 1 aliphatic carbocycles. The summed E-state index contributed by atoms with van der Waals surface area (Å²) < 4.78 is 1.71. The average Bonchev–Trinajstić information content (AvgIpc) is 3.11. The van der Waals surface area contributed by atoms with Crippen LogP contribution in [0.15, 0.2) is 36.9 Å². The number of carbonyl (C=O) groups excluding carboxylic acids is 1. The van der Waals surface area contributed by atoms with Gasteiger partial charge in [0.25, 0.3) is 0 Å². The largest absolute Gasteiger partial charge is 0.335 e. The molecular weight excluding hydrogens is 302 g/mol. The molecule has 2 amide bonds. The molecule has 1 unspecified atom stereocenters. The first-order chi connectivity index (χ1) is 11.6. The molecule has 0 spiro atoms. The molecule has 0 radical (unpaired) electrons. The summed E-state index contributed by atoms with van der Waals surface area (Å²) in [6.45, 7) is 4.27.